The Morgan fingerprint density at radius 3 is 1.32 bits per heavy atom. The molecule has 0 unspecified atom stereocenters. The number of likely N-dealkylation sites (tertiary alicyclic amines) is 2. The Balaban J connectivity index is 0.928. The SMILES string of the molecule is COC(=O)N[C@@H](C(=O)N1CCC[C@H]1c1ncc(-c2cnc(-c3cnc(-c4cnc([C@@H]5CCCN5C(=O)[C@H](NC(=O)OC)c5ccccc5)[nH]4)cn3)cn2)[nH]1)c1ccccc1. The molecule has 0 spiro atoms. The first-order chi connectivity index (χ1) is 29.3. The lowest BCUT2D eigenvalue weighted by Gasteiger charge is -2.28. The number of H-pyrrole nitrogens is 2. The second kappa shape index (κ2) is 17.6. The Morgan fingerprint density at radius 2 is 0.950 bits per heavy atom. The van der Waals surface area contributed by atoms with E-state index in [4.69, 9.17) is 9.47 Å². The number of nitrogens with zero attached hydrogens (tertiary/aromatic N) is 8. The van der Waals surface area contributed by atoms with E-state index in [9.17, 15) is 19.2 Å². The summed E-state index contributed by atoms with van der Waals surface area (Å²) in [5.41, 5.74) is 4.67. The van der Waals surface area contributed by atoms with E-state index in [0.717, 1.165) is 12.8 Å². The van der Waals surface area contributed by atoms with Crippen molar-refractivity contribution in [2.24, 2.45) is 0 Å². The van der Waals surface area contributed by atoms with Crippen LogP contribution in [0.2, 0.25) is 0 Å². The fourth-order valence-corrected chi connectivity index (χ4v) is 7.65. The predicted octanol–water partition coefficient (Wildman–Crippen LogP) is 5.24. The zero-order chi connectivity index (χ0) is 41.6. The quantitative estimate of drug-likeness (QED) is 0.132. The molecule has 18 heteroatoms. The number of carbonyl (C=O) groups excluding carboxylic acids is 4. The van der Waals surface area contributed by atoms with E-state index in [2.05, 4.69) is 50.5 Å². The lowest BCUT2D eigenvalue weighted by Crippen LogP contribution is -2.42. The van der Waals surface area contributed by atoms with Gasteiger partial charge in [-0.3, -0.25) is 29.5 Å². The molecule has 6 aromatic rings. The lowest BCUT2D eigenvalue weighted by molar-refractivity contribution is -0.135. The Bertz CT molecular complexity index is 2270. The van der Waals surface area contributed by atoms with E-state index in [1.807, 2.05) is 36.4 Å². The van der Waals surface area contributed by atoms with E-state index < -0.39 is 24.3 Å². The maximum absolute atomic E-state index is 13.9. The molecule has 0 saturated carbocycles. The van der Waals surface area contributed by atoms with Crippen molar-refractivity contribution in [3.8, 4) is 34.2 Å². The van der Waals surface area contributed by atoms with Gasteiger partial charge < -0.3 is 39.9 Å². The summed E-state index contributed by atoms with van der Waals surface area (Å²) in [7, 11) is 2.52. The zero-order valence-electron chi connectivity index (χ0n) is 32.8. The molecular formula is C42H42N12O6. The van der Waals surface area contributed by atoms with E-state index in [-0.39, 0.29) is 23.9 Å². The summed E-state index contributed by atoms with van der Waals surface area (Å²) >= 11 is 0. The number of ether oxygens (including phenoxy) is 2. The molecule has 18 nitrogen and oxygen atoms in total. The van der Waals surface area contributed by atoms with Crippen LogP contribution in [0.5, 0.6) is 0 Å². The van der Waals surface area contributed by atoms with Gasteiger partial charge in [0.15, 0.2) is 0 Å². The van der Waals surface area contributed by atoms with E-state index in [0.29, 0.717) is 82.9 Å². The highest BCUT2D eigenvalue weighted by Gasteiger charge is 2.38. The normalized spacial score (nSPS) is 17.2. The van der Waals surface area contributed by atoms with Crippen LogP contribution < -0.4 is 10.6 Å². The Kier molecular flexibility index (Phi) is 11.5. The molecule has 2 aliphatic heterocycles. The van der Waals surface area contributed by atoms with Gasteiger partial charge in [-0.05, 0) is 36.8 Å². The van der Waals surface area contributed by atoms with Crippen LogP contribution in [0.15, 0.2) is 97.8 Å². The molecule has 0 radical (unpaired) electrons. The third-order valence-electron chi connectivity index (χ3n) is 10.7. The van der Waals surface area contributed by atoms with Gasteiger partial charge in [-0.15, -0.1) is 0 Å². The fraction of sp³-hybridized carbons (Fsp3) is 0.286. The largest absolute Gasteiger partial charge is 0.453 e. The van der Waals surface area contributed by atoms with Crippen LogP contribution in [0, 0.1) is 0 Å². The summed E-state index contributed by atoms with van der Waals surface area (Å²) in [4.78, 5) is 89.9. The van der Waals surface area contributed by atoms with Crippen LogP contribution in [-0.4, -0.2) is 101 Å². The maximum Gasteiger partial charge on any atom is 0.407 e. The Labute approximate surface area is 344 Å². The minimum absolute atomic E-state index is 0.257. The highest BCUT2D eigenvalue weighted by molar-refractivity contribution is 5.88. The average Bonchev–Trinajstić information content (AvgIpc) is 4.15. The van der Waals surface area contributed by atoms with Gasteiger partial charge in [0, 0.05) is 13.1 Å². The number of rotatable bonds is 11. The van der Waals surface area contributed by atoms with Crippen molar-refractivity contribution in [3.05, 3.63) is 121 Å². The number of methoxy groups -OCH3 is 2. The molecule has 306 valence electrons. The van der Waals surface area contributed by atoms with Crippen LogP contribution in [0.1, 0.15) is 72.6 Å². The van der Waals surface area contributed by atoms with Crippen LogP contribution >= 0.6 is 0 Å². The summed E-state index contributed by atoms with van der Waals surface area (Å²) in [6, 6.07) is 15.6. The molecule has 4 aromatic heterocycles. The summed E-state index contributed by atoms with van der Waals surface area (Å²) in [5, 5.41) is 5.36. The van der Waals surface area contributed by atoms with Crippen LogP contribution in [0.3, 0.4) is 0 Å². The van der Waals surface area contributed by atoms with Crippen molar-refractivity contribution in [1.29, 1.82) is 0 Å². The molecule has 4 N–H and O–H groups in total. The summed E-state index contributed by atoms with van der Waals surface area (Å²) in [6.45, 7) is 1.02. The number of hydrogen-bond donors (Lipinski definition) is 4. The smallest absolute Gasteiger partial charge is 0.407 e. The number of nitrogens with one attached hydrogen (secondary N) is 4. The second-order valence-electron chi connectivity index (χ2n) is 14.3. The van der Waals surface area contributed by atoms with Gasteiger partial charge in [-0.2, -0.15) is 0 Å². The molecule has 4 atom stereocenters. The molecule has 60 heavy (non-hydrogen) atoms. The molecule has 2 fully saturated rings. The number of imidazole rings is 2. The number of alkyl carbamates (subject to hydrolysis) is 2. The van der Waals surface area contributed by atoms with Gasteiger partial charge in [0.05, 0.1) is 74.9 Å². The number of carbonyl (C=O) groups is 4. The highest BCUT2D eigenvalue weighted by Crippen LogP contribution is 2.35. The second-order valence-corrected chi connectivity index (χ2v) is 14.3. The molecule has 6 heterocycles. The van der Waals surface area contributed by atoms with Crippen molar-refractivity contribution >= 4 is 24.0 Å². The number of aromatic nitrogens is 8. The maximum atomic E-state index is 13.9. The molecule has 2 saturated heterocycles. The third-order valence-corrected chi connectivity index (χ3v) is 10.7. The molecule has 0 aliphatic carbocycles. The molecular weight excluding hydrogens is 769 g/mol. The third kappa shape index (κ3) is 8.25. The summed E-state index contributed by atoms with van der Waals surface area (Å²) < 4.78 is 9.61. The van der Waals surface area contributed by atoms with Crippen LogP contribution in [0.4, 0.5) is 9.59 Å². The van der Waals surface area contributed by atoms with Gasteiger partial charge >= 0.3 is 12.2 Å². The van der Waals surface area contributed by atoms with Gasteiger partial charge in [0.25, 0.3) is 11.8 Å². The topological polar surface area (TPSA) is 226 Å². The van der Waals surface area contributed by atoms with E-state index in [1.54, 1.807) is 71.2 Å². The van der Waals surface area contributed by atoms with Gasteiger partial charge in [-0.1, -0.05) is 60.7 Å². The summed E-state index contributed by atoms with van der Waals surface area (Å²) in [6.07, 6.45) is 11.3. The van der Waals surface area contributed by atoms with Crippen LogP contribution in [0.25, 0.3) is 34.2 Å². The van der Waals surface area contributed by atoms with Crippen LogP contribution in [-0.2, 0) is 19.1 Å². The predicted molar refractivity (Wildman–Crippen MR) is 215 cm³/mol. The first kappa shape index (κ1) is 39.3. The lowest BCUT2D eigenvalue weighted by atomic mass is 10.1. The zero-order valence-corrected chi connectivity index (χ0v) is 32.8. The molecule has 2 aromatic carbocycles. The van der Waals surface area contributed by atoms with Crippen molar-refractivity contribution in [1.82, 2.24) is 60.3 Å². The van der Waals surface area contributed by atoms with Crippen molar-refractivity contribution < 1.29 is 28.7 Å². The van der Waals surface area contributed by atoms with Gasteiger partial charge in [0.2, 0.25) is 0 Å². The Morgan fingerprint density at radius 1 is 0.567 bits per heavy atom. The van der Waals surface area contributed by atoms with Crippen molar-refractivity contribution in [2.75, 3.05) is 27.3 Å². The number of amides is 4. The van der Waals surface area contributed by atoms with E-state index in [1.165, 1.54) is 14.2 Å². The van der Waals surface area contributed by atoms with Crippen molar-refractivity contribution in [2.45, 2.75) is 49.9 Å². The molecule has 4 amide bonds. The first-order valence-electron chi connectivity index (χ1n) is 19.5. The number of benzene rings is 2. The van der Waals surface area contributed by atoms with Gasteiger partial charge in [0.1, 0.15) is 46.5 Å². The Hall–Kier alpha value is -7.50. The summed E-state index contributed by atoms with van der Waals surface area (Å²) in [5.74, 6) is 0.697. The first-order valence-corrected chi connectivity index (χ1v) is 19.5. The highest BCUT2D eigenvalue weighted by atomic mass is 16.5. The number of hydrogen-bond acceptors (Lipinski definition) is 12. The molecule has 8 rings (SSSR count). The van der Waals surface area contributed by atoms with E-state index >= 15 is 0 Å². The standard InChI is InChI=1S/C42H42N12O6/c1-59-41(57)51-35(25-11-5-3-6-12-25)39(55)53-17-9-15-33(53)37-47-23-31(49-37)29-21-43-27(19-45-29)28-20-46-30(22-44-28)32-24-48-38(50-32)34-16-10-18-54(34)40(56)36(52-42(58)60-2)26-13-7-4-8-14-26/h3-8,11-14,19-24,33-36H,9-10,15-18H2,1-2H3,(H,47,49)(H,48,50)(H,51,57)(H,52,58)/t33-,34-,35+,36+/m0/s1. The minimum atomic E-state index is -0.917. The average molecular weight is 811 g/mol. The number of aromatic amines is 2. The fourth-order valence-electron chi connectivity index (χ4n) is 7.65. The molecule has 0 bridgehead atoms. The monoisotopic (exact) mass is 810 g/mol. The van der Waals surface area contributed by atoms with Crippen molar-refractivity contribution in [3.63, 3.8) is 0 Å². The minimum Gasteiger partial charge on any atom is -0.453 e. The molecule has 2 aliphatic rings. The van der Waals surface area contributed by atoms with Gasteiger partial charge in [-0.25, -0.2) is 19.6 Å².